The van der Waals surface area contributed by atoms with Gasteiger partial charge in [-0.1, -0.05) is 41.4 Å². The lowest BCUT2D eigenvalue weighted by Crippen LogP contribution is -2.13. The molecule has 0 spiro atoms. The van der Waals surface area contributed by atoms with Gasteiger partial charge < -0.3 is 5.73 Å². The monoisotopic (exact) mass is 275 g/mol. The topological polar surface area (TPSA) is 26.0 Å². The molecule has 0 amide bonds. The van der Waals surface area contributed by atoms with Gasteiger partial charge in [0.15, 0.2) is 0 Å². The molecule has 3 heteroatoms. The summed E-state index contributed by atoms with van der Waals surface area (Å²) in [6.45, 7) is 4.33. The van der Waals surface area contributed by atoms with Crippen LogP contribution in [0.3, 0.4) is 0 Å². The molecule has 1 aromatic rings. The van der Waals surface area contributed by atoms with E-state index in [4.69, 9.17) is 17.3 Å². The Kier molecular flexibility index (Phi) is 4.42. The fourth-order valence-electron chi connectivity index (χ4n) is 1.43. The molecular formula is C11H15BrClN. The smallest absolute Gasteiger partial charge is 0.0410 e. The minimum Gasteiger partial charge on any atom is -0.324 e. The minimum atomic E-state index is 0.0584. The Morgan fingerprint density at radius 1 is 1.43 bits per heavy atom. The molecule has 1 aromatic carbocycles. The Balaban J connectivity index is 2.88. The maximum Gasteiger partial charge on any atom is 0.0410 e. The van der Waals surface area contributed by atoms with Gasteiger partial charge in [0.1, 0.15) is 0 Å². The number of benzene rings is 1. The Hall–Kier alpha value is -0.0500. The third-order valence-electron chi connectivity index (χ3n) is 2.08. The maximum atomic E-state index is 6.08. The van der Waals surface area contributed by atoms with Crippen molar-refractivity contribution in [3.8, 4) is 0 Å². The van der Waals surface area contributed by atoms with Crippen LogP contribution in [0.15, 0.2) is 22.7 Å². The second-order valence-electron chi connectivity index (χ2n) is 3.90. The van der Waals surface area contributed by atoms with Crippen LogP contribution in [0.4, 0.5) is 0 Å². The van der Waals surface area contributed by atoms with Gasteiger partial charge in [-0.25, -0.2) is 0 Å². The van der Waals surface area contributed by atoms with E-state index in [1.54, 1.807) is 0 Å². The van der Waals surface area contributed by atoms with E-state index in [1.807, 2.05) is 18.2 Å². The van der Waals surface area contributed by atoms with Crippen LogP contribution in [0.25, 0.3) is 0 Å². The molecule has 1 atom stereocenters. The maximum absolute atomic E-state index is 6.08. The highest BCUT2D eigenvalue weighted by molar-refractivity contribution is 9.10. The predicted molar refractivity (Wildman–Crippen MR) is 65.5 cm³/mol. The first-order valence-electron chi connectivity index (χ1n) is 4.71. The van der Waals surface area contributed by atoms with Crippen molar-refractivity contribution in [1.29, 1.82) is 0 Å². The second kappa shape index (κ2) is 5.15. The number of rotatable bonds is 3. The predicted octanol–water partition coefficient (Wildman–Crippen LogP) is 4.15. The van der Waals surface area contributed by atoms with Crippen molar-refractivity contribution in [2.75, 3.05) is 0 Å². The van der Waals surface area contributed by atoms with Gasteiger partial charge in [-0.2, -0.15) is 0 Å². The lowest BCUT2D eigenvalue weighted by Gasteiger charge is -2.16. The zero-order valence-electron chi connectivity index (χ0n) is 8.43. The van der Waals surface area contributed by atoms with Crippen LogP contribution in [-0.4, -0.2) is 0 Å². The van der Waals surface area contributed by atoms with E-state index in [0.29, 0.717) is 5.92 Å². The van der Waals surface area contributed by atoms with E-state index in [2.05, 4.69) is 29.8 Å². The zero-order chi connectivity index (χ0) is 10.7. The highest BCUT2D eigenvalue weighted by atomic mass is 79.9. The summed E-state index contributed by atoms with van der Waals surface area (Å²) < 4.78 is 1.04. The number of halogens is 2. The molecular weight excluding hydrogens is 261 g/mol. The molecule has 1 rings (SSSR count). The van der Waals surface area contributed by atoms with Gasteiger partial charge in [-0.05, 0) is 36.1 Å². The quantitative estimate of drug-likeness (QED) is 0.882. The van der Waals surface area contributed by atoms with E-state index in [1.165, 1.54) is 0 Å². The number of hydrogen-bond acceptors (Lipinski definition) is 1. The van der Waals surface area contributed by atoms with Gasteiger partial charge in [0, 0.05) is 15.5 Å². The van der Waals surface area contributed by atoms with Crippen LogP contribution in [0.2, 0.25) is 5.02 Å². The highest BCUT2D eigenvalue weighted by Gasteiger charge is 2.11. The van der Waals surface area contributed by atoms with Crippen LogP contribution in [0, 0.1) is 5.92 Å². The van der Waals surface area contributed by atoms with Crippen LogP contribution in [0.1, 0.15) is 31.9 Å². The summed E-state index contributed by atoms with van der Waals surface area (Å²) in [6, 6.07) is 5.79. The van der Waals surface area contributed by atoms with Crippen LogP contribution < -0.4 is 5.73 Å². The lowest BCUT2D eigenvalue weighted by atomic mass is 9.98. The molecule has 1 nitrogen and oxygen atoms in total. The van der Waals surface area contributed by atoms with Gasteiger partial charge in [0.05, 0.1) is 0 Å². The van der Waals surface area contributed by atoms with Crippen molar-refractivity contribution in [3.05, 3.63) is 33.3 Å². The molecule has 0 saturated carbocycles. The molecule has 14 heavy (non-hydrogen) atoms. The van der Waals surface area contributed by atoms with Crippen LogP contribution >= 0.6 is 27.5 Å². The average molecular weight is 277 g/mol. The third-order valence-corrected chi connectivity index (χ3v) is 3.04. The molecule has 0 saturated heterocycles. The van der Waals surface area contributed by atoms with E-state index >= 15 is 0 Å². The molecule has 0 aliphatic carbocycles. The summed E-state index contributed by atoms with van der Waals surface area (Å²) >= 11 is 9.40. The Bertz CT molecular complexity index is 312. The zero-order valence-corrected chi connectivity index (χ0v) is 10.8. The lowest BCUT2D eigenvalue weighted by molar-refractivity contribution is 0.509. The summed E-state index contributed by atoms with van der Waals surface area (Å²) in [4.78, 5) is 0. The van der Waals surface area contributed by atoms with E-state index in [-0.39, 0.29) is 6.04 Å². The first kappa shape index (κ1) is 12.0. The summed E-state index contributed by atoms with van der Waals surface area (Å²) in [6.07, 6.45) is 0.971. The van der Waals surface area contributed by atoms with Crippen molar-refractivity contribution in [3.63, 3.8) is 0 Å². The Labute approximate surface area is 98.8 Å². The molecule has 0 bridgehead atoms. The van der Waals surface area contributed by atoms with Gasteiger partial charge >= 0.3 is 0 Å². The average Bonchev–Trinajstić information content (AvgIpc) is 2.08. The highest BCUT2D eigenvalue weighted by Crippen LogP contribution is 2.28. The van der Waals surface area contributed by atoms with Gasteiger partial charge in [0.2, 0.25) is 0 Å². The molecule has 2 N–H and O–H groups in total. The molecule has 0 radical (unpaired) electrons. The van der Waals surface area contributed by atoms with Gasteiger partial charge in [-0.3, -0.25) is 0 Å². The molecule has 0 unspecified atom stereocenters. The van der Waals surface area contributed by atoms with Gasteiger partial charge in [-0.15, -0.1) is 0 Å². The fraction of sp³-hybridized carbons (Fsp3) is 0.455. The van der Waals surface area contributed by atoms with E-state index in [0.717, 1.165) is 21.5 Å². The minimum absolute atomic E-state index is 0.0584. The first-order chi connectivity index (χ1) is 6.50. The van der Waals surface area contributed by atoms with Crippen LogP contribution in [0.5, 0.6) is 0 Å². The number of hydrogen-bond donors (Lipinski definition) is 1. The third kappa shape index (κ3) is 3.26. The normalized spacial score (nSPS) is 13.3. The summed E-state index contributed by atoms with van der Waals surface area (Å²) in [7, 11) is 0. The SMILES string of the molecule is CC(C)C[C@H](N)c1cc(Cl)ccc1Br. The molecule has 78 valence electrons. The first-order valence-corrected chi connectivity index (χ1v) is 5.88. The summed E-state index contributed by atoms with van der Waals surface area (Å²) in [5.41, 5.74) is 7.17. The Morgan fingerprint density at radius 2 is 2.07 bits per heavy atom. The van der Waals surface area contributed by atoms with Crippen molar-refractivity contribution >= 4 is 27.5 Å². The fourth-order valence-corrected chi connectivity index (χ4v) is 2.15. The largest absolute Gasteiger partial charge is 0.324 e. The molecule has 0 aliphatic heterocycles. The summed E-state index contributed by atoms with van der Waals surface area (Å²) in [5.74, 6) is 0.593. The summed E-state index contributed by atoms with van der Waals surface area (Å²) in [5, 5.41) is 0.738. The number of nitrogens with two attached hydrogens (primary N) is 1. The molecule has 0 fully saturated rings. The Morgan fingerprint density at radius 3 is 2.64 bits per heavy atom. The van der Waals surface area contributed by atoms with Crippen molar-refractivity contribution in [2.45, 2.75) is 26.3 Å². The van der Waals surface area contributed by atoms with E-state index in [9.17, 15) is 0 Å². The second-order valence-corrected chi connectivity index (χ2v) is 5.19. The van der Waals surface area contributed by atoms with Crippen molar-refractivity contribution < 1.29 is 0 Å². The van der Waals surface area contributed by atoms with Gasteiger partial charge in [0.25, 0.3) is 0 Å². The molecule has 0 heterocycles. The van der Waals surface area contributed by atoms with E-state index < -0.39 is 0 Å². The standard InChI is InChI=1S/C11H15BrClN/c1-7(2)5-11(14)9-6-8(13)3-4-10(9)12/h3-4,6-7,11H,5,14H2,1-2H3/t11-/m0/s1. The van der Waals surface area contributed by atoms with Crippen molar-refractivity contribution in [1.82, 2.24) is 0 Å². The van der Waals surface area contributed by atoms with Crippen molar-refractivity contribution in [2.24, 2.45) is 11.7 Å². The molecule has 0 aliphatic rings. The molecule has 0 aromatic heterocycles. The van der Waals surface area contributed by atoms with Crippen LogP contribution in [-0.2, 0) is 0 Å².